The first-order valence-corrected chi connectivity index (χ1v) is 6.07. The topological polar surface area (TPSA) is 29.1 Å². The van der Waals surface area contributed by atoms with E-state index in [0.717, 1.165) is 5.56 Å². The maximum absolute atomic E-state index is 11.8. The lowest BCUT2D eigenvalue weighted by Gasteiger charge is -2.19. The fourth-order valence-electron chi connectivity index (χ4n) is 1.43. The third-order valence-corrected chi connectivity index (χ3v) is 3.39. The van der Waals surface area contributed by atoms with Crippen molar-refractivity contribution < 1.29 is 4.79 Å². The molecule has 0 saturated carbocycles. The SMILES string of the molecule is CC(NC(=O)C(S)C(C)C)c1ccccc1. The first-order chi connectivity index (χ1) is 7.52. The van der Waals surface area contributed by atoms with Crippen LogP contribution in [0.25, 0.3) is 0 Å². The largest absolute Gasteiger partial charge is 0.349 e. The number of carbonyl (C=O) groups is 1. The van der Waals surface area contributed by atoms with Crippen LogP contribution >= 0.6 is 12.6 Å². The van der Waals surface area contributed by atoms with Gasteiger partial charge in [-0.2, -0.15) is 12.6 Å². The minimum atomic E-state index is -0.244. The second-order valence-electron chi connectivity index (χ2n) is 4.33. The molecule has 0 aliphatic carbocycles. The van der Waals surface area contributed by atoms with Gasteiger partial charge in [0.25, 0.3) is 0 Å². The van der Waals surface area contributed by atoms with Crippen LogP contribution in [-0.2, 0) is 4.79 Å². The van der Waals surface area contributed by atoms with Gasteiger partial charge < -0.3 is 5.32 Å². The molecule has 1 aromatic carbocycles. The molecule has 2 atom stereocenters. The second kappa shape index (κ2) is 5.94. The van der Waals surface area contributed by atoms with Gasteiger partial charge in [-0.3, -0.25) is 4.79 Å². The van der Waals surface area contributed by atoms with Gasteiger partial charge in [-0.15, -0.1) is 0 Å². The van der Waals surface area contributed by atoms with E-state index in [-0.39, 0.29) is 23.1 Å². The molecule has 0 aromatic heterocycles. The maximum atomic E-state index is 11.8. The Morgan fingerprint density at radius 2 is 1.75 bits per heavy atom. The van der Waals surface area contributed by atoms with Gasteiger partial charge in [0.05, 0.1) is 11.3 Å². The molecule has 1 aromatic rings. The van der Waals surface area contributed by atoms with Crippen molar-refractivity contribution in [3.8, 4) is 0 Å². The highest BCUT2D eigenvalue weighted by Crippen LogP contribution is 2.14. The Hall–Kier alpha value is -0.960. The lowest BCUT2D eigenvalue weighted by atomic mass is 10.1. The van der Waals surface area contributed by atoms with E-state index < -0.39 is 0 Å². The lowest BCUT2D eigenvalue weighted by molar-refractivity contribution is -0.121. The molecule has 16 heavy (non-hydrogen) atoms. The van der Waals surface area contributed by atoms with Crippen molar-refractivity contribution in [1.29, 1.82) is 0 Å². The molecule has 2 unspecified atom stereocenters. The van der Waals surface area contributed by atoms with Crippen LogP contribution in [0.2, 0.25) is 0 Å². The molecule has 2 nitrogen and oxygen atoms in total. The molecular weight excluding hydrogens is 218 g/mol. The van der Waals surface area contributed by atoms with Crippen molar-refractivity contribution in [2.45, 2.75) is 32.1 Å². The summed E-state index contributed by atoms with van der Waals surface area (Å²) in [5.41, 5.74) is 1.11. The van der Waals surface area contributed by atoms with E-state index in [0.29, 0.717) is 0 Å². The monoisotopic (exact) mass is 237 g/mol. The molecular formula is C13H19NOS. The second-order valence-corrected chi connectivity index (χ2v) is 4.89. The summed E-state index contributed by atoms with van der Waals surface area (Å²) in [6.45, 7) is 5.96. The fraction of sp³-hybridized carbons (Fsp3) is 0.462. The normalized spacial score (nSPS) is 14.6. The standard InChI is InChI=1S/C13H19NOS/c1-9(2)12(16)13(15)14-10(3)11-7-5-4-6-8-11/h4-10,12,16H,1-3H3,(H,14,15). The Balaban J connectivity index is 2.58. The number of benzene rings is 1. The molecule has 88 valence electrons. The summed E-state index contributed by atoms with van der Waals surface area (Å²) in [7, 11) is 0. The number of thiol groups is 1. The molecule has 3 heteroatoms. The zero-order chi connectivity index (χ0) is 12.1. The van der Waals surface area contributed by atoms with E-state index >= 15 is 0 Å². The van der Waals surface area contributed by atoms with Gasteiger partial charge in [0.15, 0.2) is 0 Å². The quantitative estimate of drug-likeness (QED) is 0.775. The van der Waals surface area contributed by atoms with Crippen LogP contribution in [0.1, 0.15) is 32.4 Å². The molecule has 1 amide bonds. The molecule has 0 radical (unpaired) electrons. The van der Waals surface area contributed by atoms with Gasteiger partial charge in [-0.1, -0.05) is 44.2 Å². The molecule has 0 bridgehead atoms. The molecule has 0 spiro atoms. The molecule has 0 aliphatic heterocycles. The van der Waals surface area contributed by atoms with Crippen molar-refractivity contribution in [3.05, 3.63) is 35.9 Å². The fourth-order valence-corrected chi connectivity index (χ4v) is 1.50. The Labute approximate surface area is 103 Å². The summed E-state index contributed by atoms with van der Waals surface area (Å²) in [6.07, 6.45) is 0. The minimum Gasteiger partial charge on any atom is -0.349 e. The van der Waals surface area contributed by atoms with Crippen LogP contribution in [-0.4, -0.2) is 11.2 Å². The van der Waals surface area contributed by atoms with Crippen molar-refractivity contribution >= 4 is 18.5 Å². The Bertz CT molecular complexity index is 337. The summed E-state index contributed by atoms with van der Waals surface area (Å²) in [5.74, 6) is 0.237. The van der Waals surface area contributed by atoms with E-state index in [1.54, 1.807) is 0 Å². The van der Waals surface area contributed by atoms with Crippen LogP contribution in [0.3, 0.4) is 0 Å². The Morgan fingerprint density at radius 1 is 1.19 bits per heavy atom. The van der Waals surface area contributed by atoms with E-state index in [4.69, 9.17) is 0 Å². The van der Waals surface area contributed by atoms with E-state index in [1.165, 1.54) is 0 Å². The zero-order valence-electron chi connectivity index (χ0n) is 9.97. The van der Waals surface area contributed by atoms with Crippen LogP contribution in [0.15, 0.2) is 30.3 Å². The van der Waals surface area contributed by atoms with Crippen molar-refractivity contribution in [3.63, 3.8) is 0 Å². The third kappa shape index (κ3) is 3.56. The highest BCUT2D eigenvalue weighted by Gasteiger charge is 2.19. The third-order valence-electron chi connectivity index (χ3n) is 2.56. The van der Waals surface area contributed by atoms with E-state index in [9.17, 15) is 4.79 Å². The highest BCUT2D eigenvalue weighted by molar-refractivity contribution is 7.81. The van der Waals surface area contributed by atoms with Crippen LogP contribution in [0.4, 0.5) is 0 Å². The summed E-state index contributed by atoms with van der Waals surface area (Å²) in [4.78, 5) is 11.8. The number of hydrogen-bond acceptors (Lipinski definition) is 2. The first kappa shape index (κ1) is 13.1. The minimum absolute atomic E-state index is 0.00492. The predicted octanol–water partition coefficient (Wildman–Crippen LogP) is 2.82. The van der Waals surface area contributed by atoms with Crippen LogP contribution < -0.4 is 5.32 Å². The first-order valence-electron chi connectivity index (χ1n) is 5.55. The maximum Gasteiger partial charge on any atom is 0.233 e. The number of amides is 1. The van der Waals surface area contributed by atoms with Gasteiger partial charge >= 0.3 is 0 Å². The summed E-state index contributed by atoms with van der Waals surface area (Å²) >= 11 is 4.29. The van der Waals surface area contributed by atoms with Crippen molar-refractivity contribution in [2.75, 3.05) is 0 Å². The lowest BCUT2D eigenvalue weighted by Crippen LogP contribution is -2.36. The van der Waals surface area contributed by atoms with Crippen LogP contribution in [0, 0.1) is 5.92 Å². The number of carbonyl (C=O) groups excluding carboxylic acids is 1. The molecule has 0 aliphatic rings. The van der Waals surface area contributed by atoms with Gasteiger partial charge in [0.1, 0.15) is 0 Å². The molecule has 1 N–H and O–H groups in total. The van der Waals surface area contributed by atoms with Crippen LogP contribution in [0.5, 0.6) is 0 Å². The Kier molecular flexibility index (Phi) is 4.87. The van der Waals surface area contributed by atoms with Gasteiger partial charge in [-0.05, 0) is 18.4 Å². The van der Waals surface area contributed by atoms with Gasteiger partial charge in [0.2, 0.25) is 5.91 Å². The smallest absolute Gasteiger partial charge is 0.233 e. The van der Waals surface area contributed by atoms with Gasteiger partial charge in [-0.25, -0.2) is 0 Å². The average Bonchev–Trinajstić information content (AvgIpc) is 2.28. The average molecular weight is 237 g/mol. The predicted molar refractivity (Wildman–Crippen MR) is 70.6 cm³/mol. The van der Waals surface area contributed by atoms with E-state index in [2.05, 4.69) is 17.9 Å². The summed E-state index contributed by atoms with van der Waals surface area (Å²) in [5, 5.41) is 2.72. The van der Waals surface area contributed by atoms with Crippen molar-refractivity contribution in [1.82, 2.24) is 5.32 Å². The van der Waals surface area contributed by atoms with Crippen molar-refractivity contribution in [2.24, 2.45) is 5.92 Å². The Morgan fingerprint density at radius 3 is 2.25 bits per heavy atom. The molecule has 0 saturated heterocycles. The molecule has 0 fully saturated rings. The molecule has 0 heterocycles. The van der Waals surface area contributed by atoms with Gasteiger partial charge in [0, 0.05) is 0 Å². The summed E-state index contributed by atoms with van der Waals surface area (Å²) < 4.78 is 0. The number of rotatable bonds is 4. The zero-order valence-corrected chi connectivity index (χ0v) is 10.9. The highest BCUT2D eigenvalue weighted by atomic mass is 32.1. The summed E-state index contributed by atoms with van der Waals surface area (Å²) in [6, 6.07) is 9.95. The molecule has 1 rings (SSSR count). The number of hydrogen-bond donors (Lipinski definition) is 2. The number of nitrogens with one attached hydrogen (secondary N) is 1. The van der Waals surface area contributed by atoms with E-state index in [1.807, 2.05) is 51.1 Å².